The van der Waals surface area contributed by atoms with Crippen LogP contribution in [0.5, 0.6) is 0 Å². The van der Waals surface area contributed by atoms with Gasteiger partial charge in [-0.15, -0.1) is 0 Å². The molecule has 0 saturated carbocycles. The lowest BCUT2D eigenvalue weighted by Crippen LogP contribution is -2.69. The van der Waals surface area contributed by atoms with Crippen LogP contribution in [0.1, 0.15) is 46.5 Å². The number of nitrogens with zero attached hydrogens (tertiary/aromatic N) is 1. The maximum Gasteiger partial charge on any atom is 0.246 e. The van der Waals surface area contributed by atoms with Crippen molar-refractivity contribution in [3.05, 3.63) is 0 Å². The van der Waals surface area contributed by atoms with Crippen molar-refractivity contribution in [1.82, 2.24) is 10.2 Å². The predicted molar refractivity (Wildman–Crippen MR) is 62.9 cm³/mol. The van der Waals surface area contributed by atoms with Gasteiger partial charge in [-0.1, -0.05) is 27.2 Å². The van der Waals surface area contributed by atoms with Crippen LogP contribution in [-0.2, 0) is 9.59 Å². The van der Waals surface area contributed by atoms with Gasteiger partial charge in [0.15, 0.2) is 0 Å². The normalized spacial score (nSPS) is 24.5. The van der Waals surface area contributed by atoms with Crippen LogP contribution in [0.15, 0.2) is 0 Å². The lowest BCUT2D eigenvalue weighted by Gasteiger charge is -2.45. The molecule has 1 atom stereocenters. The molecule has 0 bridgehead atoms. The van der Waals surface area contributed by atoms with Crippen molar-refractivity contribution >= 4 is 11.8 Å². The number of rotatable bonds is 4. The van der Waals surface area contributed by atoms with E-state index >= 15 is 0 Å². The third-order valence-corrected chi connectivity index (χ3v) is 3.75. The molecule has 1 rings (SSSR count). The molecule has 0 spiro atoms. The molecule has 1 aliphatic heterocycles. The van der Waals surface area contributed by atoms with E-state index in [-0.39, 0.29) is 17.9 Å². The highest BCUT2D eigenvalue weighted by atomic mass is 16.2. The highest BCUT2D eigenvalue weighted by Crippen LogP contribution is 2.28. The molecule has 0 aromatic rings. The minimum absolute atomic E-state index is 0.00181. The fourth-order valence-corrected chi connectivity index (χ4v) is 2.48. The van der Waals surface area contributed by atoms with Gasteiger partial charge in [0, 0.05) is 7.05 Å². The SMILES string of the molecule is CCCC1NC(=O)C(CC)(CC)N(C)C1=O. The fraction of sp³-hybridized carbons (Fsp3) is 0.833. The van der Waals surface area contributed by atoms with Gasteiger partial charge in [0.25, 0.3) is 0 Å². The Labute approximate surface area is 97.4 Å². The number of carbonyl (C=O) groups excluding carboxylic acids is 2. The number of nitrogens with one attached hydrogen (secondary N) is 1. The summed E-state index contributed by atoms with van der Waals surface area (Å²) in [4.78, 5) is 25.9. The molecule has 1 saturated heterocycles. The van der Waals surface area contributed by atoms with Crippen molar-refractivity contribution in [2.45, 2.75) is 58.0 Å². The number of hydrogen-bond donors (Lipinski definition) is 1. The van der Waals surface area contributed by atoms with Crippen molar-refractivity contribution in [3.63, 3.8) is 0 Å². The molecule has 1 heterocycles. The first-order valence-electron chi connectivity index (χ1n) is 6.12. The minimum atomic E-state index is -0.638. The summed E-state index contributed by atoms with van der Waals surface area (Å²) < 4.78 is 0. The molecule has 0 aliphatic carbocycles. The van der Waals surface area contributed by atoms with Crippen molar-refractivity contribution in [3.8, 4) is 0 Å². The molecule has 1 unspecified atom stereocenters. The summed E-state index contributed by atoms with van der Waals surface area (Å²) in [5.74, 6) is 0.0446. The summed E-state index contributed by atoms with van der Waals surface area (Å²) in [6.45, 7) is 5.92. The second-order valence-corrected chi connectivity index (χ2v) is 4.45. The zero-order chi connectivity index (χ0) is 12.3. The average molecular weight is 226 g/mol. The van der Waals surface area contributed by atoms with Crippen LogP contribution in [0.2, 0.25) is 0 Å². The maximum absolute atomic E-state index is 12.1. The summed E-state index contributed by atoms with van der Waals surface area (Å²) in [6, 6.07) is -0.325. The van der Waals surface area contributed by atoms with E-state index in [1.807, 2.05) is 20.8 Å². The third kappa shape index (κ3) is 1.81. The van der Waals surface area contributed by atoms with Gasteiger partial charge in [0.1, 0.15) is 11.6 Å². The maximum atomic E-state index is 12.1. The van der Waals surface area contributed by atoms with E-state index in [0.717, 1.165) is 12.8 Å². The highest BCUT2D eigenvalue weighted by Gasteiger charge is 2.47. The quantitative estimate of drug-likeness (QED) is 0.785. The Kier molecular flexibility index (Phi) is 3.94. The van der Waals surface area contributed by atoms with Crippen LogP contribution < -0.4 is 5.32 Å². The Morgan fingerprint density at radius 1 is 1.25 bits per heavy atom. The van der Waals surface area contributed by atoms with Gasteiger partial charge in [-0.25, -0.2) is 0 Å². The Morgan fingerprint density at radius 3 is 2.25 bits per heavy atom. The number of piperazine rings is 1. The molecule has 0 aromatic carbocycles. The van der Waals surface area contributed by atoms with E-state index in [0.29, 0.717) is 12.8 Å². The molecule has 4 heteroatoms. The molecule has 1 N–H and O–H groups in total. The van der Waals surface area contributed by atoms with Gasteiger partial charge < -0.3 is 10.2 Å². The van der Waals surface area contributed by atoms with Crippen molar-refractivity contribution in [1.29, 1.82) is 0 Å². The first-order chi connectivity index (χ1) is 7.53. The van der Waals surface area contributed by atoms with Crippen molar-refractivity contribution < 1.29 is 9.59 Å². The van der Waals surface area contributed by atoms with Crippen molar-refractivity contribution in [2.24, 2.45) is 0 Å². The van der Waals surface area contributed by atoms with E-state index in [1.165, 1.54) is 0 Å². The Balaban J connectivity index is 2.96. The van der Waals surface area contributed by atoms with Gasteiger partial charge in [0.05, 0.1) is 0 Å². The summed E-state index contributed by atoms with van der Waals surface area (Å²) in [7, 11) is 1.75. The Morgan fingerprint density at radius 2 is 1.81 bits per heavy atom. The fourth-order valence-electron chi connectivity index (χ4n) is 2.48. The lowest BCUT2D eigenvalue weighted by molar-refractivity contribution is -0.156. The molecular formula is C12H22N2O2. The predicted octanol–water partition coefficient (Wildman–Crippen LogP) is 1.30. The van der Waals surface area contributed by atoms with Gasteiger partial charge in [-0.2, -0.15) is 0 Å². The number of amides is 2. The summed E-state index contributed by atoms with van der Waals surface area (Å²) in [6.07, 6.45) is 2.95. The second-order valence-electron chi connectivity index (χ2n) is 4.45. The van der Waals surface area contributed by atoms with Crippen LogP contribution in [-0.4, -0.2) is 35.3 Å². The smallest absolute Gasteiger partial charge is 0.246 e. The molecule has 1 aliphatic rings. The Hall–Kier alpha value is -1.06. The van der Waals surface area contributed by atoms with Crippen LogP contribution >= 0.6 is 0 Å². The van der Waals surface area contributed by atoms with E-state index in [4.69, 9.17) is 0 Å². The van der Waals surface area contributed by atoms with Gasteiger partial charge >= 0.3 is 0 Å². The zero-order valence-electron chi connectivity index (χ0n) is 10.7. The van der Waals surface area contributed by atoms with Crippen LogP contribution in [0.3, 0.4) is 0 Å². The molecule has 92 valence electrons. The van der Waals surface area contributed by atoms with Gasteiger partial charge in [-0.05, 0) is 19.3 Å². The zero-order valence-corrected chi connectivity index (χ0v) is 10.7. The molecule has 0 radical (unpaired) electrons. The molecule has 0 aromatic heterocycles. The van der Waals surface area contributed by atoms with Crippen LogP contribution in [0, 0.1) is 0 Å². The number of hydrogen-bond acceptors (Lipinski definition) is 2. The summed E-state index contributed by atoms with van der Waals surface area (Å²) in [5.41, 5.74) is -0.638. The molecule has 4 nitrogen and oxygen atoms in total. The van der Waals surface area contributed by atoms with E-state index in [2.05, 4.69) is 5.32 Å². The molecule has 16 heavy (non-hydrogen) atoms. The second kappa shape index (κ2) is 4.85. The monoisotopic (exact) mass is 226 g/mol. The van der Waals surface area contributed by atoms with Crippen molar-refractivity contribution in [2.75, 3.05) is 7.05 Å². The largest absolute Gasteiger partial charge is 0.342 e. The average Bonchev–Trinajstić information content (AvgIpc) is 2.28. The van der Waals surface area contributed by atoms with Crippen LogP contribution in [0.4, 0.5) is 0 Å². The van der Waals surface area contributed by atoms with E-state index < -0.39 is 5.54 Å². The molecule has 2 amide bonds. The van der Waals surface area contributed by atoms with Gasteiger partial charge in [0.2, 0.25) is 11.8 Å². The minimum Gasteiger partial charge on any atom is -0.342 e. The number of carbonyl (C=O) groups is 2. The number of likely N-dealkylation sites (N-methyl/N-ethyl adjacent to an activating group) is 1. The molecular weight excluding hydrogens is 204 g/mol. The van der Waals surface area contributed by atoms with Crippen LogP contribution in [0.25, 0.3) is 0 Å². The van der Waals surface area contributed by atoms with E-state index in [1.54, 1.807) is 11.9 Å². The highest BCUT2D eigenvalue weighted by molar-refractivity contribution is 5.99. The first-order valence-corrected chi connectivity index (χ1v) is 6.12. The Bertz CT molecular complexity index is 285. The first kappa shape index (κ1) is 13.0. The summed E-state index contributed by atoms with van der Waals surface area (Å²) >= 11 is 0. The van der Waals surface area contributed by atoms with E-state index in [9.17, 15) is 9.59 Å². The topological polar surface area (TPSA) is 49.4 Å². The molecule has 1 fully saturated rings. The standard InChI is InChI=1S/C12H22N2O2/c1-5-8-9-10(15)14(4)12(6-2,7-3)11(16)13-9/h9H,5-8H2,1-4H3,(H,13,16). The third-order valence-electron chi connectivity index (χ3n) is 3.75. The lowest BCUT2D eigenvalue weighted by atomic mass is 9.86. The summed E-state index contributed by atoms with van der Waals surface area (Å²) in [5, 5.41) is 2.86. The van der Waals surface area contributed by atoms with Gasteiger partial charge in [-0.3, -0.25) is 9.59 Å².